The molecule has 1 aromatic rings. The molecule has 1 aliphatic heterocycles. The average molecular weight is 218 g/mol. The molecule has 0 saturated carbocycles. The second-order valence-corrected chi connectivity index (χ2v) is 4.24. The number of rotatable bonds is 2. The normalized spacial score (nSPS) is 17.1. The van der Waals surface area contributed by atoms with Crippen molar-refractivity contribution in [2.45, 2.75) is 19.3 Å². The van der Waals surface area contributed by atoms with Gasteiger partial charge in [0, 0.05) is 19.5 Å². The fraction of sp³-hybridized carbons (Fsp3) is 0.462. The minimum Gasteiger partial charge on any atom is -0.369 e. The lowest BCUT2D eigenvalue weighted by Crippen LogP contribution is -2.34. The Balaban J connectivity index is 2.00. The lowest BCUT2D eigenvalue weighted by molar-refractivity contribution is 0.410. The van der Waals surface area contributed by atoms with Gasteiger partial charge in [-0.2, -0.15) is 5.26 Å². The molecule has 2 rings (SSSR count). The highest BCUT2D eigenvalue weighted by atomic mass is 19.1. The number of para-hydroxylation sites is 1. The van der Waals surface area contributed by atoms with Crippen molar-refractivity contribution in [1.82, 2.24) is 0 Å². The molecule has 0 amide bonds. The molecule has 1 aliphatic rings. The fourth-order valence-corrected chi connectivity index (χ4v) is 2.22. The Hall–Kier alpha value is -1.56. The van der Waals surface area contributed by atoms with Gasteiger partial charge in [-0.15, -0.1) is 0 Å². The van der Waals surface area contributed by atoms with Crippen LogP contribution in [0.2, 0.25) is 0 Å². The first-order valence-electron chi connectivity index (χ1n) is 5.67. The average Bonchev–Trinajstić information content (AvgIpc) is 2.31. The summed E-state index contributed by atoms with van der Waals surface area (Å²) >= 11 is 0. The maximum atomic E-state index is 13.5. The number of piperidine rings is 1. The van der Waals surface area contributed by atoms with Crippen molar-refractivity contribution in [3.8, 4) is 6.07 Å². The molecule has 0 unspecified atom stereocenters. The molecule has 0 bridgehead atoms. The van der Waals surface area contributed by atoms with E-state index in [2.05, 4.69) is 11.0 Å². The zero-order chi connectivity index (χ0) is 11.4. The van der Waals surface area contributed by atoms with Crippen molar-refractivity contribution in [1.29, 1.82) is 5.26 Å². The molecule has 1 saturated heterocycles. The number of halogens is 1. The van der Waals surface area contributed by atoms with E-state index in [1.54, 1.807) is 6.07 Å². The highest BCUT2D eigenvalue weighted by molar-refractivity contribution is 5.47. The number of benzene rings is 1. The Morgan fingerprint density at radius 1 is 1.31 bits per heavy atom. The number of nitrogens with zero attached hydrogens (tertiary/aromatic N) is 2. The fourth-order valence-electron chi connectivity index (χ4n) is 2.22. The van der Waals surface area contributed by atoms with E-state index in [9.17, 15) is 4.39 Å². The molecule has 0 N–H and O–H groups in total. The zero-order valence-corrected chi connectivity index (χ0v) is 9.19. The van der Waals surface area contributed by atoms with Gasteiger partial charge < -0.3 is 4.90 Å². The molecule has 0 aliphatic carbocycles. The lowest BCUT2D eigenvalue weighted by Gasteiger charge is -2.32. The van der Waals surface area contributed by atoms with Crippen LogP contribution in [0.3, 0.4) is 0 Å². The van der Waals surface area contributed by atoms with Crippen LogP contribution < -0.4 is 4.90 Å². The summed E-state index contributed by atoms with van der Waals surface area (Å²) in [6, 6.07) is 9.10. The van der Waals surface area contributed by atoms with Gasteiger partial charge >= 0.3 is 0 Å². The van der Waals surface area contributed by atoms with Crippen LogP contribution in [0.15, 0.2) is 24.3 Å². The highest BCUT2D eigenvalue weighted by Crippen LogP contribution is 2.26. The van der Waals surface area contributed by atoms with Gasteiger partial charge in [-0.25, -0.2) is 4.39 Å². The first kappa shape index (κ1) is 10.9. The monoisotopic (exact) mass is 218 g/mol. The summed E-state index contributed by atoms with van der Waals surface area (Å²) in [6.45, 7) is 1.71. The predicted molar refractivity (Wildman–Crippen MR) is 61.6 cm³/mol. The summed E-state index contributed by atoms with van der Waals surface area (Å²) in [7, 11) is 0. The number of hydrogen-bond acceptors (Lipinski definition) is 2. The summed E-state index contributed by atoms with van der Waals surface area (Å²) in [6.07, 6.45) is 2.61. The van der Waals surface area contributed by atoms with Gasteiger partial charge in [-0.3, -0.25) is 0 Å². The van der Waals surface area contributed by atoms with E-state index in [0.29, 0.717) is 18.0 Å². The first-order chi connectivity index (χ1) is 7.81. The van der Waals surface area contributed by atoms with Crippen LogP contribution in [0.25, 0.3) is 0 Å². The molecule has 0 radical (unpaired) electrons. The Kier molecular flexibility index (Phi) is 3.40. The van der Waals surface area contributed by atoms with Crippen LogP contribution in [-0.4, -0.2) is 13.1 Å². The second kappa shape index (κ2) is 4.98. The van der Waals surface area contributed by atoms with E-state index >= 15 is 0 Å². The molecule has 1 aromatic carbocycles. The topological polar surface area (TPSA) is 27.0 Å². The van der Waals surface area contributed by atoms with Crippen molar-refractivity contribution >= 4 is 5.69 Å². The third-order valence-corrected chi connectivity index (χ3v) is 3.19. The summed E-state index contributed by atoms with van der Waals surface area (Å²) in [5, 5.41) is 8.62. The Morgan fingerprint density at radius 3 is 2.62 bits per heavy atom. The van der Waals surface area contributed by atoms with Crippen molar-refractivity contribution in [2.75, 3.05) is 18.0 Å². The van der Waals surface area contributed by atoms with Gasteiger partial charge in [-0.05, 0) is 30.9 Å². The maximum absolute atomic E-state index is 13.5. The van der Waals surface area contributed by atoms with E-state index in [0.717, 1.165) is 25.9 Å². The molecule has 0 atom stereocenters. The van der Waals surface area contributed by atoms with E-state index in [-0.39, 0.29) is 5.82 Å². The standard InChI is InChI=1S/C13H15FN2/c14-12-3-1-2-4-13(12)16-9-6-11(5-8-15)7-10-16/h1-4,11H,5-7,9-10H2. The number of anilines is 1. The molecular weight excluding hydrogens is 203 g/mol. The van der Waals surface area contributed by atoms with Crippen LogP contribution in [0.5, 0.6) is 0 Å². The lowest BCUT2D eigenvalue weighted by atomic mass is 9.94. The van der Waals surface area contributed by atoms with Crippen molar-refractivity contribution in [2.24, 2.45) is 5.92 Å². The Morgan fingerprint density at radius 2 is 2.00 bits per heavy atom. The van der Waals surface area contributed by atoms with Gasteiger partial charge in [0.15, 0.2) is 0 Å². The molecular formula is C13H15FN2. The van der Waals surface area contributed by atoms with Crippen LogP contribution in [0, 0.1) is 23.1 Å². The molecule has 16 heavy (non-hydrogen) atoms. The van der Waals surface area contributed by atoms with E-state index < -0.39 is 0 Å². The molecule has 2 nitrogen and oxygen atoms in total. The van der Waals surface area contributed by atoms with Gasteiger partial charge in [0.2, 0.25) is 0 Å². The summed E-state index contributed by atoms with van der Waals surface area (Å²) in [4.78, 5) is 2.07. The third-order valence-electron chi connectivity index (χ3n) is 3.19. The van der Waals surface area contributed by atoms with Gasteiger partial charge in [0.1, 0.15) is 5.82 Å². The number of hydrogen-bond donors (Lipinski definition) is 0. The summed E-state index contributed by atoms with van der Waals surface area (Å²) in [5.74, 6) is 0.342. The molecule has 1 fully saturated rings. The first-order valence-corrected chi connectivity index (χ1v) is 5.67. The van der Waals surface area contributed by atoms with Gasteiger partial charge in [-0.1, -0.05) is 12.1 Å². The third kappa shape index (κ3) is 2.33. The second-order valence-electron chi connectivity index (χ2n) is 4.24. The van der Waals surface area contributed by atoms with Gasteiger partial charge in [0.05, 0.1) is 11.8 Å². The summed E-state index contributed by atoms with van der Waals surface area (Å²) < 4.78 is 13.5. The maximum Gasteiger partial charge on any atom is 0.146 e. The molecule has 0 aromatic heterocycles. The smallest absolute Gasteiger partial charge is 0.146 e. The van der Waals surface area contributed by atoms with E-state index in [4.69, 9.17) is 5.26 Å². The minimum absolute atomic E-state index is 0.152. The van der Waals surface area contributed by atoms with E-state index in [1.165, 1.54) is 6.07 Å². The Labute approximate surface area is 95.3 Å². The predicted octanol–water partition coefficient (Wildman–Crippen LogP) is 2.96. The molecule has 3 heteroatoms. The molecule has 0 spiro atoms. The van der Waals surface area contributed by atoms with Crippen molar-refractivity contribution < 1.29 is 4.39 Å². The minimum atomic E-state index is -0.152. The van der Waals surface area contributed by atoms with Gasteiger partial charge in [0.25, 0.3) is 0 Å². The van der Waals surface area contributed by atoms with Crippen LogP contribution in [0.4, 0.5) is 10.1 Å². The Bertz CT molecular complexity index is 389. The molecule has 1 heterocycles. The van der Waals surface area contributed by atoms with Crippen molar-refractivity contribution in [3.63, 3.8) is 0 Å². The molecule has 84 valence electrons. The summed E-state index contributed by atoms with van der Waals surface area (Å²) in [5.41, 5.74) is 0.693. The largest absolute Gasteiger partial charge is 0.369 e. The highest BCUT2D eigenvalue weighted by Gasteiger charge is 2.20. The SMILES string of the molecule is N#CCC1CCN(c2ccccc2F)CC1. The van der Waals surface area contributed by atoms with E-state index in [1.807, 2.05) is 12.1 Å². The van der Waals surface area contributed by atoms with Crippen LogP contribution in [0.1, 0.15) is 19.3 Å². The number of nitriles is 1. The quantitative estimate of drug-likeness (QED) is 0.763. The van der Waals surface area contributed by atoms with Crippen LogP contribution >= 0.6 is 0 Å². The van der Waals surface area contributed by atoms with Crippen molar-refractivity contribution in [3.05, 3.63) is 30.1 Å². The zero-order valence-electron chi connectivity index (χ0n) is 9.19. The van der Waals surface area contributed by atoms with Crippen LogP contribution in [-0.2, 0) is 0 Å².